The molecule has 0 heterocycles. The Morgan fingerprint density at radius 1 is 1.04 bits per heavy atom. The molecule has 0 spiro atoms. The normalized spacial score (nSPS) is 14.7. The van der Waals surface area contributed by atoms with Crippen LogP contribution >= 0.6 is 12.4 Å². The number of nitrogens with one attached hydrogen (secondary N) is 1. The molecule has 1 aliphatic carbocycles. The Labute approximate surface area is 143 Å². The highest BCUT2D eigenvalue weighted by Crippen LogP contribution is 2.32. The van der Waals surface area contributed by atoms with E-state index in [1.165, 1.54) is 24.0 Å². The Balaban J connectivity index is 0.00000192. The SMILES string of the molecule is Cl.NCC(NC(=O)Cc1ccc(-c2ccccc2)cc1)C1CC1. The maximum atomic E-state index is 12.1. The van der Waals surface area contributed by atoms with Crippen molar-refractivity contribution >= 4 is 18.3 Å². The van der Waals surface area contributed by atoms with Gasteiger partial charge in [-0.2, -0.15) is 0 Å². The topological polar surface area (TPSA) is 55.1 Å². The Morgan fingerprint density at radius 3 is 2.22 bits per heavy atom. The number of carbonyl (C=O) groups is 1. The molecule has 122 valence electrons. The average molecular weight is 331 g/mol. The van der Waals surface area contributed by atoms with Gasteiger partial charge in [-0.3, -0.25) is 4.79 Å². The van der Waals surface area contributed by atoms with Gasteiger partial charge in [0.15, 0.2) is 0 Å². The Morgan fingerprint density at radius 2 is 1.65 bits per heavy atom. The minimum absolute atomic E-state index is 0. The number of hydrogen-bond acceptors (Lipinski definition) is 2. The van der Waals surface area contributed by atoms with Crippen LogP contribution in [0.2, 0.25) is 0 Å². The highest BCUT2D eigenvalue weighted by molar-refractivity contribution is 5.85. The number of halogens is 1. The zero-order valence-corrected chi connectivity index (χ0v) is 13.9. The fourth-order valence-electron chi connectivity index (χ4n) is 2.76. The third-order valence-corrected chi connectivity index (χ3v) is 4.22. The Hall–Kier alpha value is -1.84. The largest absolute Gasteiger partial charge is 0.352 e. The van der Waals surface area contributed by atoms with Crippen LogP contribution in [0.5, 0.6) is 0 Å². The van der Waals surface area contributed by atoms with Crippen molar-refractivity contribution in [3.63, 3.8) is 0 Å². The van der Waals surface area contributed by atoms with Gasteiger partial charge in [0.05, 0.1) is 6.42 Å². The molecule has 1 unspecified atom stereocenters. The summed E-state index contributed by atoms with van der Waals surface area (Å²) in [5.74, 6) is 0.657. The van der Waals surface area contributed by atoms with Crippen molar-refractivity contribution in [3.8, 4) is 11.1 Å². The molecule has 3 rings (SSSR count). The van der Waals surface area contributed by atoms with Crippen molar-refractivity contribution in [3.05, 3.63) is 60.2 Å². The second-order valence-electron chi connectivity index (χ2n) is 5.99. The molecule has 0 saturated heterocycles. The molecule has 0 aromatic heterocycles. The van der Waals surface area contributed by atoms with Crippen LogP contribution in [0.3, 0.4) is 0 Å². The second kappa shape index (κ2) is 8.14. The van der Waals surface area contributed by atoms with Gasteiger partial charge in [-0.25, -0.2) is 0 Å². The van der Waals surface area contributed by atoms with Crippen LogP contribution in [0, 0.1) is 5.92 Å². The van der Waals surface area contributed by atoms with Crippen molar-refractivity contribution in [2.45, 2.75) is 25.3 Å². The van der Waals surface area contributed by atoms with Crippen LogP contribution in [-0.4, -0.2) is 18.5 Å². The maximum Gasteiger partial charge on any atom is 0.224 e. The highest BCUT2D eigenvalue weighted by atomic mass is 35.5. The van der Waals surface area contributed by atoms with Crippen LogP contribution in [0.4, 0.5) is 0 Å². The van der Waals surface area contributed by atoms with E-state index in [9.17, 15) is 4.79 Å². The van der Waals surface area contributed by atoms with Crippen molar-refractivity contribution in [1.29, 1.82) is 0 Å². The fourth-order valence-corrected chi connectivity index (χ4v) is 2.76. The van der Waals surface area contributed by atoms with Gasteiger partial charge in [-0.15, -0.1) is 12.4 Å². The van der Waals surface area contributed by atoms with Gasteiger partial charge in [-0.05, 0) is 35.4 Å². The van der Waals surface area contributed by atoms with Crippen LogP contribution in [-0.2, 0) is 11.2 Å². The molecule has 0 radical (unpaired) electrons. The molecule has 3 N–H and O–H groups in total. The number of hydrogen-bond donors (Lipinski definition) is 2. The zero-order valence-electron chi connectivity index (χ0n) is 13.1. The molecule has 1 amide bonds. The molecule has 2 aromatic rings. The van der Waals surface area contributed by atoms with E-state index in [0.29, 0.717) is 18.9 Å². The van der Waals surface area contributed by atoms with E-state index in [4.69, 9.17) is 5.73 Å². The monoisotopic (exact) mass is 330 g/mol. The number of nitrogens with two attached hydrogens (primary N) is 1. The third-order valence-electron chi connectivity index (χ3n) is 4.22. The van der Waals surface area contributed by atoms with Crippen LogP contribution in [0.15, 0.2) is 54.6 Å². The van der Waals surface area contributed by atoms with E-state index in [2.05, 4.69) is 29.6 Å². The minimum atomic E-state index is 0. The molecule has 1 aliphatic rings. The lowest BCUT2D eigenvalue weighted by Crippen LogP contribution is -2.42. The summed E-state index contributed by atoms with van der Waals surface area (Å²) < 4.78 is 0. The summed E-state index contributed by atoms with van der Waals surface area (Å²) in [5, 5.41) is 3.06. The summed E-state index contributed by atoms with van der Waals surface area (Å²) in [4.78, 5) is 12.1. The van der Waals surface area contributed by atoms with E-state index in [1.807, 2.05) is 30.3 Å². The first-order chi connectivity index (χ1) is 10.8. The summed E-state index contributed by atoms with van der Waals surface area (Å²) >= 11 is 0. The quantitative estimate of drug-likeness (QED) is 0.854. The first-order valence-electron chi connectivity index (χ1n) is 7.90. The van der Waals surface area contributed by atoms with Gasteiger partial charge in [0.25, 0.3) is 0 Å². The first-order valence-corrected chi connectivity index (χ1v) is 7.90. The van der Waals surface area contributed by atoms with E-state index in [0.717, 1.165) is 5.56 Å². The lowest BCUT2D eigenvalue weighted by Gasteiger charge is -2.16. The molecular weight excluding hydrogens is 308 g/mol. The number of benzene rings is 2. The van der Waals surface area contributed by atoms with E-state index in [-0.39, 0.29) is 24.4 Å². The Kier molecular flexibility index (Phi) is 6.20. The number of rotatable bonds is 6. The van der Waals surface area contributed by atoms with Crippen LogP contribution in [0.1, 0.15) is 18.4 Å². The number of carbonyl (C=O) groups excluding carboxylic acids is 1. The van der Waals surface area contributed by atoms with Crippen molar-refractivity contribution in [2.24, 2.45) is 11.7 Å². The van der Waals surface area contributed by atoms with E-state index >= 15 is 0 Å². The Bertz CT molecular complexity index is 624. The van der Waals surface area contributed by atoms with Gasteiger partial charge in [0, 0.05) is 12.6 Å². The molecule has 1 fully saturated rings. The van der Waals surface area contributed by atoms with Gasteiger partial charge < -0.3 is 11.1 Å². The van der Waals surface area contributed by atoms with Gasteiger partial charge in [0.2, 0.25) is 5.91 Å². The summed E-state index contributed by atoms with van der Waals surface area (Å²) in [5.41, 5.74) is 9.12. The predicted molar refractivity (Wildman–Crippen MR) is 96.5 cm³/mol. The van der Waals surface area contributed by atoms with Gasteiger partial charge >= 0.3 is 0 Å². The summed E-state index contributed by atoms with van der Waals surface area (Å²) in [6.07, 6.45) is 2.79. The minimum Gasteiger partial charge on any atom is -0.352 e. The summed E-state index contributed by atoms with van der Waals surface area (Å²) in [6.45, 7) is 0.531. The lowest BCUT2D eigenvalue weighted by atomic mass is 10.0. The maximum absolute atomic E-state index is 12.1. The van der Waals surface area contributed by atoms with Crippen LogP contribution < -0.4 is 11.1 Å². The molecule has 3 nitrogen and oxygen atoms in total. The molecule has 4 heteroatoms. The fraction of sp³-hybridized carbons (Fsp3) is 0.316. The third kappa shape index (κ3) is 4.81. The standard InChI is InChI=1S/C19H22N2O.ClH/c20-13-18(17-10-11-17)21-19(22)12-14-6-8-16(9-7-14)15-4-2-1-3-5-15;/h1-9,17-18H,10-13,20H2,(H,21,22);1H. The molecule has 2 aromatic carbocycles. The summed E-state index contributed by atoms with van der Waals surface area (Å²) in [6, 6.07) is 18.6. The summed E-state index contributed by atoms with van der Waals surface area (Å²) in [7, 11) is 0. The lowest BCUT2D eigenvalue weighted by molar-refractivity contribution is -0.121. The first kappa shape index (κ1) is 17.5. The average Bonchev–Trinajstić information content (AvgIpc) is 3.39. The second-order valence-corrected chi connectivity index (χ2v) is 5.99. The van der Waals surface area contributed by atoms with Crippen molar-refractivity contribution in [1.82, 2.24) is 5.32 Å². The molecule has 23 heavy (non-hydrogen) atoms. The molecule has 0 aliphatic heterocycles. The zero-order chi connectivity index (χ0) is 15.4. The van der Waals surface area contributed by atoms with E-state index in [1.54, 1.807) is 0 Å². The molecule has 1 atom stereocenters. The number of amides is 1. The highest BCUT2D eigenvalue weighted by Gasteiger charge is 2.31. The van der Waals surface area contributed by atoms with Gasteiger partial charge in [0.1, 0.15) is 0 Å². The molecular formula is C19H23ClN2O. The van der Waals surface area contributed by atoms with Crippen molar-refractivity contribution in [2.75, 3.05) is 6.54 Å². The molecule has 1 saturated carbocycles. The van der Waals surface area contributed by atoms with Crippen molar-refractivity contribution < 1.29 is 4.79 Å². The van der Waals surface area contributed by atoms with Gasteiger partial charge in [-0.1, -0.05) is 54.6 Å². The van der Waals surface area contributed by atoms with E-state index < -0.39 is 0 Å². The smallest absolute Gasteiger partial charge is 0.224 e. The predicted octanol–water partition coefficient (Wildman–Crippen LogP) is 3.17. The van der Waals surface area contributed by atoms with Crippen LogP contribution in [0.25, 0.3) is 11.1 Å². The molecule has 0 bridgehead atoms.